The Labute approximate surface area is 206 Å². The van der Waals surface area contributed by atoms with Gasteiger partial charge in [0.1, 0.15) is 0 Å². The maximum absolute atomic E-state index is 12.7. The molecular weight excluding hydrogens is 466 g/mol. The van der Waals surface area contributed by atoms with E-state index >= 15 is 0 Å². The highest BCUT2D eigenvalue weighted by Gasteiger charge is 2.25. The minimum absolute atomic E-state index is 0.134. The molecular formula is C24H25N7O3S. The molecule has 3 aromatic heterocycles. The van der Waals surface area contributed by atoms with Crippen molar-refractivity contribution in [2.45, 2.75) is 6.42 Å². The number of nitrogen functional groups attached to an aromatic ring is 1. The van der Waals surface area contributed by atoms with Gasteiger partial charge in [-0.25, -0.2) is 9.97 Å². The van der Waals surface area contributed by atoms with E-state index in [-0.39, 0.29) is 11.9 Å². The molecule has 0 spiro atoms. The maximum atomic E-state index is 12.7. The number of hydrogen-bond acceptors (Lipinski definition) is 10. The van der Waals surface area contributed by atoms with Crippen molar-refractivity contribution >= 4 is 40.2 Å². The van der Waals surface area contributed by atoms with E-state index in [2.05, 4.69) is 19.9 Å². The van der Waals surface area contributed by atoms with Gasteiger partial charge in [-0.15, -0.1) is 11.3 Å². The van der Waals surface area contributed by atoms with Crippen molar-refractivity contribution in [3.8, 4) is 22.8 Å². The third kappa shape index (κ3) is 4.67. The largest absolute Gasteiger partial charge is 0.493 e. The number of hydrogen-bond donors (Lipinski definition) is 1. The Hall–Kier alpha value is -3.99. The van der Waals surface area contributed by atoms with Crippen LogP contribution in [0.3, 0.4) is 0 Å². The summed E-state index contributed by atoms with van der Waals surface area (Å²) in [4.78, 5) is 35.9. The molecule has 0 bridgehead atoms. The van der Waals surface area contributed by atoms with Gasteiger partial charge in [-0.2, -0.15) is 9.97 Å². The number of anilines is 2. The van der Waals surface area contributed by atoms with Crippen molar-refractivity contribution < 1.29 is 14.3 Å². The first-order valence-corrected chi connectivity index (χ1v) is 12.0. The Morgan fingerprint density at radius 3 is 2.57 bits per heavy atom. The third-order valence-electron chi connectivity index (χ3n) is 5.92. The normalized spacial score (nSPS) is 13.8. The topological polar surface area (TPSA) is 120 Å². The first kappa shape index (κ1) is 22.8. The van der Waals surface area contributed by atoms with Crippen LogP contribution >= 0.6 is 11.3 Å². The van der Waals surface area contributed by atoms with E-state index in [0.717, 1.165) is 10.4 Å². The fourth-order valence-corrected chi connectivity index (χ4v) is 4.80. The van der Waals surface area contributed by atoms with Gasteiger partial charge in [0, 0.05) is 36.6 Å². The van der Waals surface area contributed by atoms with Crippen molar-refractivity contribution in [3.63, 3.8) is 0 Å². The number of carbonyl (C=O) groups is 1. The highest BCUT2D eigenvalue weighted by Crippen LogP contribution is 2.32. The summed E-state index contributed by atoms with van der Waals surface area (Å²) in [5, 5.41) is 1.99. The summed E-state index contributed by atoms with van der Waals surface area (Å²) in [6, 6.07) is 9.53. The van der Waals surface area contributed by atoms with Crippen LogP contribution in [-0.2, 0) is 11.2 Å². The first-order valence-electron chi connectivity index (χ1n) is 11.1. The molecule has 2 N–H and O–H groups in total. The number of aromatic nitrogens is 4. The molecule has 0 radical (unpaired) electrons. The summed E-state index contributed by atoms with van der Waals surface area (Å²) in [5.41, 5.74) is 8.45. The van der Waals surface area contributed by atoms with E-state index < -0.39 is 0 Å². The first-order chi connectivity index (χ1) is 17.1. The van der Waals surface area contributed by atoms with Gasteiger partial charge in [-0.1, -0.05) is 6.07 Å². The second-order valence-electron chi connectivity index (χ2n) is 8.03. The third-order valence-corrected chi connectivity index (χ3v) is 6.80. The second kappa shape index (κ2) is 9.71. The molecule has 1 aromatic carbocycles. The van der Waals surface area contributed by atoms with Crippen LogP contribution in [0.5, 0.6) is 11.5 Å². The Bertz CT molecular complexity index is 1350. The number of nitrogens with zero attached hydrogens (tertiary/aromatic N) is 6. The number of rotatable bonds is 6. The molecule has 4 aromatic rings. The lowest BCUT2D eigenvalue weighted by Gasteiger charge is -2.35. The van der Waals surface area contributed by atoms with Gasteiger partial charge >= 0.3 is 0 Å². The van der Waals surface area contributed by atoms with Crippen molar-refractivity contribution in [3.05, 3.63) is 46.8 Å². The average Bonchev–Trinajstić information content (AvgIpc) is 3.40. The number of piperazine rings is 1. The highest BCUT2D eigenvalue weighted by molar-refractivity contribution is 7.10. The van der Waals surface area contributed by atoms with Crippen LogP contribution in [-0.4, -0.2) is 71.1 Å². The van der Waals surface area contributed by atoms with Crippen LogP contribution in [0.2, 0.25) is 0 Å². The molecule has 1 fully saturated rings. The lowest BCUT2D eigenvalue weighted by molar-refractivity contribution is -0.130. The molecule has 1 amide bonds. The number of ether oxygens (including phenoxy) is 2. The van der Waals surface area contributed by atoms with E-state index in [1.807, 2.05) is 40.6 Å². The van der Waals surface area contributed by atoms with Gasteiger partial charge in [-0.3, -0.25) is 4.79 Å². The van der Waals surface area contributed by atoms with Crippen LogP contribution in [0.4, 0.5) is 11.8 Å². The lowest BCUT2D eigenvalue weighted by Crippen LogP contribution is -2.49. The molecule has 4 heterocycles. The van der Waals surface area contributed by atoms with E-state index in [0.29, 0.717) is 66.8 Å². The van der Waals surface area contributed by atoms with E-state index in [1.165, 1.54) is 0 Å². The van der Waals surface area contributed by atoms with Gasteiger partial charge < -0.3 is 25.0 Å². The molecule has 1 aliphatic heterocycles. The summed E-state index contributed by atoms with van der Waals surface area (Å²) in [5.74, 6) is 2.12. The summed E-state index contributed by atoms with van der Waals surface area (Å²) < 4.78 is 10.8. The van der Waals surface area contributed by atoms with Gasteiger partial charge in [0.2, 0.25) is 11.9 Å². The second-order valence-corrected chi connectivity index (χ2v) is 9.06. The molecule has 10 nitrogen and oxygen atoms in total. The number of fused-ring (bicyclic) bond motifs is 1. The van der Waals surface area contributed by atoms with Gasteiger partial charge in [-0.05, 0) is 29.6 Å². The van der Waals surface area contributed by atoms with Crippen LogP contribution in [0, 0.1) is 0 Å². The molecule has 0 atom stereocenters. The fourth-order valence-electron chi connectivity index (χ4n) is 4.11. The Morgan fingerprint density at radius 1 is 1.06 bits per heavy atom. The molecule has 11 heteroatoms. The number of nitrogens with two attached hydrogens (primary N) is 1. The van der Waals surface area contributed by atoms with E-state index in [9.17, 15) is 4.79 Å². The van der Waals surface area contributed by atoms with Crippen LogP contribution < -0.4 is 20.1 Å². The molecule has 0 aliphatic carbocycles. The number of methoxy groups -OCH3 is 2. The Morgan fingerprint density at radius 2 is 1.86 bits per heavy atom. The quantitative estimate of drug-likeness (QED) is 0.434. The van der Waals surface area contributed by atoms with Crippen LogP contribution in [0.1, 0.15) is 4.88 Å². The van der Waals surface area contributed by atoms with E-state index in [1.54, 1.807) is 31.8 Å². The lowest BCUT2D eigenvalue weighted by atomic mass is 10.1. The molecule has 1 saturated heterocycles. The Kier molecular flexibility index (Phi) is 6.32. The number of carbonyl (C=O) groups excluding carboxylic acids is 1. The van der Waals surface area contributed by atoms with Crippen LogP contribution in [0.15, 0.2) is 41.9 Å². The van der Waals surface area contributed by atoms with E-state index in [4.69, 9.17) is 20.2 Å². The van der Waals surface area contributed by atoms with Crippen molar-refractivity contribution in [2.24, 2.45) is 0 Å². The Balaban J connectivity index is 1.41. The van der Waals surface area contributed by atoms with Gasteiger partial charge in [0.05, 0.1) is 32.5 Å². The fraction of sp³-hybridized carbons (Fsp3) is 0.292. The minimum atomic E-state index is 0.134. The molecule has 180 valence electrons. The monoisotopic (exact) mass is 491 g/mol. The smallest absolute Gasteiger partial charge is 0.227 e. The minimum Gasteiger partial charge on any atom is -0.493 e. The summed E-state index contributed by atoms with van der Waals surface area (Å²) >= 11 is 1.60. The van der Waals surface area contributed by atoms with Crippen molar-refractivity contribution in [1.82, 2.24) is 24.8 Å². The van der Waals surface area contributed by atoms with Crippen LogP contribution in [0.25, 0.3) is 22.4 Å². The molecule has 0 saturated carbocycles. The number of thiophene rings is 1. The predicted molar refractivity (Wildman–Crippen MR) is 135 cm³/mol. The van der Waals surface area contributed by atoms with Gasteiger partial charge in [0.25, 0.3) is 0 Å². The maximum Gasteiger partial charge on any atom is 0.227 e. The molecule has 1 aliphatic rings. The van der Waals surface area contributed by atoms with Gasteiger partial charge in [0.15, 0.2) is 28.5 Å². The standard InChI is InChI=1S/C24H25N7O3S/c1-33-18-6-5-15(12-19(18)34-2)17-14-26-22-21(27-17)23(29-24(25)28-22)31-9-7-30(8-10-31)20(32)13-16-4-3-11-35-16/h3-6,11-12,14H,7-10,13H2,1-2H3,(H2,25,26,28,29). The number of benzene rings is 1. The summed E-state index contributed by atoms with van der Waals surface area (Å²) in [6.07, 6.45) is 2.09. The SMILES string of the molecule is COc1ccc(-c2cnc3nc(N)nc(N4CCN(C(=O)Cc5cccs5)CC4)c3n2)cc1OC. The molecule has 35 heavy (non-hydrogen) atoms. The average molecular weight is 492 g/mol. The van der Waals surface area contributed by atoms with Crippen molar-refractivity contribution in [2.75, 3.05) is 51.0 Å². The zero-order valence-electron chi connectivity index (χ0n) is 19.5. The van der Waals surface area contributed by atoms with Crippen molar-refractivity contribution in [1.29, 1.82) is 0 Å². The summed E-state index contributed by atoms with van der Waals surface area (Å²) in [6.45, 7) is 2.42. The zero-order valence-corrected chi connectivity index (χ0v) is 20.3. The molecule has 0 unspecified atom stereocenters. The zero-order chi connectivity index (χ0) is 24.4. The highest BCUT2D eigenvalue weighted by atomic mass is 32.1. The molecule has 5 rings (SSSR count). The predicted octanol–water partition coefficient (Wildman–Crippen LogP) is 2.64. The number of amides is 1. The summed E-state index contributed by atoms with van der Waals surface area (Å²) in [7, 11) is 3.18.